The van der Waals surface area contributed by atoms with Gasteiger partial charge >= 0.3 is 0 Å². The maximum Gasteiger partial charge on any atom is 0.260 e. The first-order valence-electron chi connectivity index (χ1n) is 7.83. The average molecular weight is 355 g/mol. The molecule has 0 radical (unpaired) electrons. The quantitative estimate of drug-likeness (QED) is 0.755. The van der Waals surface area contributed by atoms with Crippen LogP contribution in [0.5, 0.6) is 0 Å². The molecular weight excluding hydrogens is 343 g/mol. The fraction of sp³-hybridized carbons (Fsp3) is 0.0526. The van der Waals surface area contributed by atoms with Gasteiger partial charge in [-0.15, -0.1) is 0 Å². The molecule has 1 aliphatic carbocycles. The Labute approximate surface area is 145 Å². The zero-order chi connectivity index (χ0) is 18.3. The van der Waals surface area contributed by atoms with Crippen LogP contribution in [0.4, 0.5) is 13.2 Å². The summed E-state index contributed by atoms with van der Waals surface area (Å²) in [7, 11) is 0. The van der Waals surface area contributed by atoms with E-state index in [0.717, 1.165) is 0 Å². The van der Waals surface area contributed by atoms with Gasteiger partial charge in [0.1, 0.15) is 17.5 Å². The molecule has 0 amide bonds. The molecule has 0 unspecified atom stereocenters. The van der Waals surface area contributed by atoms with Gasteiger partial charge in [-0.25, -0.2) is 18.2 Å². The molecule has 26 heavy (non-hydrogen) atoms. The van der Waals surface area contributed by atoms with Crippen molar-refractivity contribution in [3.8, 4) is 11.1 Å². The molecule has 0 saturated carbocycles. The number of aromatic amines is 1. The highest BCUT2D eigenvalue weighted by Gasteiger charge is 2.24. The van der Waals surface area contributed by atoms with Crippen LogP contribution in [-0.4, -0.2) is 14.4 Å². The lowest BCUT2D eigenvalue weighted by Gasteiger charge is -2.15. The largest absolute Gasteiger partial charge is 0.291 e. The number of allylic oxidation sites excluding steroid dienone is 6. The molecule has 0 atom stereocenters. The van der Waals surface area contributed by atoms with Crippen molar-refractivity contribution < 1.29 is 13.2 Å². The summed E-state index contributed by atoms with van der Waals surface area (Å²) in [6, 6.07) is 1.11. The lowest BCUT2D eigenvalue weighted by molar-refractivity contribution is 0.547. The zero-order valence-electron chi connectivity index (χ0n) is 13.3. The second-order valence-electron chi connectivity index (χ2n) is 5.75. The Balaban J connectivity index is 2.14. The van der Waals surface area contributed by atoms with E-state index in [1.165, 1.54) is 6.20 Å². The summed E-state index contributed by atoms with van der Waals surface area (Å²) in [6.07, 6.45) is 12.5. The van der Waals surface area contributed by atoms with Crippen molar-refractivity contribution in [1.82, 2.24) is 14.4 Å². The Morgan fingerprint density at radius 3 is 2.58 bits per heavy atom. The van der Waals surface area contributed by atoms with E-state index in [2.05, 4.69) is 9.97 Å². The van der Waals surface area contributed by atoms with Gasteiger partial charge in [-0.05, 0) is 12.0 Å². The summed E-state index contributed by atoms with van der Waals surface area (Å²) in [5.41, 5.74) is -0.512. The lowest BCUT2D eigenvalue weighted by Crippen LogP contribution is -2.18. The van der Waals surface area contributed by atoms with Gasteiger partial charge in [0, 0.05) is 24.5 Å². The van der Waals surface area contributed by atoms with Gasteiger partial charge in [0.2, 0.25) is 5.78 Å². The van der Waals surface area contributed by atoms with E-state index in [1.54, 1.807) is 22.7 Å². The Hall–Kier alpha value is -3.35. The van der Waals surface area contributed by atoms with Crippen LogP contribution in [0.3, 0.4) is 0 Å². The van der Waals surface area contributed by atoms with Crippen LogP contribution in [-0.2, 0) is 0 Å². The fourth-order valence-corrected chi connectivity index (χ4v) is 3.05. The molecule has 0 fully saturated rings. The molecule has 2 heterocycles. The average Bonchev–Trinajstić information content (AvgIpc) is 2.87. The third kappa shape index (κ3) is 2.57. The number of rotatable bonds is 2. The van der Waals surface area contributed by atoms with Crippen molar-refractivity contribution >= 4 is 11.4 Å². The summed E-state index contributed by atoms with van der Waals surface area (Å²) in [5.74, 6) is -3.09. The van der Waals surface area contributed by atoms with E-state index in [9.17, 15) is 18.0 Å². The van der Waals surface area contributed by atoms with Crippen molar-refractivity contribution in [2.45, 2.75) is 6.42 Å². The summed E-state index contributed by atoms with van der Waals surface area (Å²) in [6.45, 7) is 0. The number of nitrogens with one attached hydrogen (secondary N) is 1. The molecule has 0 saturated heterocycles. The highest BCUT2D eigenvalue weighted by atomic mass is 19.1. The second-order valence-corrected chi connectivity index (χ2v) is 5.75. The van der Waals surface area contributed by atoms with Gasteiger partial charge in [0.25, 0.3) is 5.56 Å². The number of nitrogens with zero attached hydrogens (tertiary/aromatic N) is 2. The summed E-state index contributed by atoms with van der Waals surface area (Å²) < 4.78 is 43.7. The van der Waals surface area contributed by atoms with Crippen LogP contribution in [0.2, 0.25) is 0 Å². The standard InChI is InChI=1S/C19H12F3N3O/c20-12-9-13(21)15(14(22)10-12)16-17(11-5-3-1-2-4-6-11)25-8-7-23-19(25)24-18(16)26/h1-5,7-10H,6H2,(H,23,24,26). The Kier molecular flexibility index (Phi) is 3.84. The molecule has 0 aliphatic heterocycles. The van der Waals surface area contributed by atoms with Gasteiger partial charge in [-0.1, -0.05) is 30.4 Å². The zero-order valence-corrected chi connectivity index (χ0v) is 13.3. The maximum atomic E-state index is 14.4. The first-order chi connectivity index (χ1) is 12.6. The summed E-state index contributed by atoms with van der Waals surface area (Å²) in [4.78, 5) is 19.2. The summed E-state index contributed by atoms with van der Waals surface area (Å²) >= 11 is 0. The van der Waals surface area contributed by atoms with Gasteiger partial charge in [0.05, 0.1) is 16.8 Å². The van der Waals surface area contributed by atoms with Crippen LogP contribution in [0.25, 0.3) is 22.5 Å². The van der Waals surface area contributed by atoms with Crippen LogP contribution in [0, 0.1) is 17.5 Å². The fourth-order valence-electron chi connectivity index (χ4n) is 3.05. The molecule has 4 rings (SSSR count). The van der Waals surface area contributed by atoms with E-state index >= 15 is 0 Å². The molecule has 0 spiro atoms. The lowest BCUT2D eigenvalue weighted by atomic mass is 9.97. The van der Waals surface area contributed by atoms with E-state index in [4.69, 9.17) is 0 Å². The monoisotopic (exact) mass is 355 g/mol. The highest BCUT2D eigenvalue weighted by molar-refractivity contribution is 5.82. The van der Waals surface area contributed by atoms with E-state index in [1.807, 2.05) is 18.2 Å². The number of hydrogen-bond donors (Lipinski definition) is 1. The minimum Gasteiger partial charge on any atom is -0.291 e. The normalized spacial score (nSPS) is 13.9. The van der Waals surface area contributed by atoms with Crippen LogP contribution in [0.1, 0.15) is 12.1 Å². The van der Waals surface area contributed by atoms with Crippen molar-refractivity contribution in [1.29, 1.82) is 0 Å². The number of H-pyrrole nitrogens is 1. The van der Waals surface area contributed by atoms with E-state index < -0.39 is 28.6 Å². The molecule has 3 aromatic rings. The predicted octanol–water partition coefficient (Wildman–Crippen LogP) is 4.01. The Morgan fingerprint density at radius 2 is 1.81 bits per heavy atom. The van der Waals surface area contributed by atoms with Crippen LogP contribution in [0.15, 0.2) is 59.7 Å². The number of aromatic nitrogens is 3. The molecule has 1 N–H and O–H groups in total. The Morgan fingerprint density at radius 1 is 1.04 bits per heavy atom. The molecule has 7 heteroatoms. The number of imidazole rings is 1. The molecule has 130 valence electrons. The number of hydrogen-bond acceptors (Lipinski definition) is 2. The first-order valence-corrected chi connectivity index (χ1v) is 7.83. The smallest absolute Gasteiger partial charge is 0.260 e. The van der Waals surface area contributed by atoms with Crippen molar-refractivity contribution in [2.24, 2.45) is 0 Å². The first kappa shape index (κ1) is 16.1. The predicted molar refractivity (Wildman–Crippen MR) is 92.0 cm³/mol. The Bertz CT molecular complexity index is 1150. The second kappa shape index (κ2) is 6.18. The molecule has 0 bridgehead atoms. The molecule has 1 aliphatic rings. The van der Waals surface area contributed by atoms with E-state index in [0.29, 0.717) is 29.8 Å². The highest BCUT2D eigenvalue weighted by Crippen LogP contribution is 2.32. The topological polar surface area (TPSA) is 50.2 Å². The number of halogens is 3. The van der Waals surface area contributed by atoms with Gasteiger partial charge < -0.3 is 0 Å². The number of benzene rings is 1. The summed E-state index contributed by atoms with van der Waals surface area (Å²) in [5, 5.41) is 0. The van der Waals surface area contributed by atoms with Gasteiger partial charge in [0.15, 0.2) is 0 Å². The van der Waals surface area contributed by atoms with Gasteiger partial charge in [-0.3, -0.25) is 14.2 Å². The van der Waals surface area contributed by atoms with Gasteiger partial charge in [-0.2, -0.15) is 0 Å². The third-order valence-corrected chi connectivity index (χ3v) is 4.13. The molecule has 4 nitrogen and oxygen atoms in total. The van der Waals surface area contributed by atoms with Crippen LogP contribution < -0.4 is 5.56 Å². The molecule has 1 aromatic carbocycles. The SMILES string of the molecule is O=c1[nH]c2nccn2c(C2=CC=CC=CC2)c1-c1c(F)cc(F)cc1F. The minimum atomic E-state index is -1.14. The van der Waals surface area contributed by atoms with Crippen molar-refractivity contribution in [2.75, 3.05) is 0 Å². The number of fused-ring (bicyclic) bond motifs is 1. The third-order valence-electron chi connectivity index (χ3n) is 4.13. The van der Waals surface area contributed by atoms with E-state index in [-0.39, 0.29) is 11.3 Å². The van der Waals surface area contributed by atoms with Crippen LogP contribution >= 0.6 is 0 Å². The molecular formula is C19H12F3N3O. The van der Waals surface area contributed by atoms with Crippen molar-refractivity contribution in [3.63, 3.8) is 0 Å². The maximum absolute atomic E-state index is 14.4. The molecule has 2 aromatic heterocycles. The van der Waals surface area contributed by atoms with Crippen molar-refractivity contribution in [3.05, 3.63) is 88.4 Å². The minimum absolute atomic E-state index is 0.208.